The Balaban J connectivity index is 1.49. The Hall–Kier alpha value is -3.73. The highest BCUT2D eigenvalue weighted by Crippen LogP contribution is 2.12. The number of aryl methyl sites for hydroxylation is 3. The number of nitrogens with one attached hydrogen (secondary N) is 1. The zero-order chi connectivity index (χ0) is 21.5. The minimum Gasteiger partial charge on any atom is -0.352 e. The minimum atomic E-state index is -0.120. The third kappa shape index (κ3) is 5.25. The van der Waals surface area contributed by atoms with Crippen molar-refractivity contribution in [1.82, 2.24) is 14.9 Å². The van der Waals surface area contributed by atoms with Gasteiger partial charge >= 0.3 is 0 Å². The summed E-state index contributed by atoms with van der Waals surface area (Å²) in [5.74, 6) is -0.0888. The Kier molecular flexibility index (Phi) is 6.53. The first-order chi connectivity index (χ1) is 15.2. The first-order valence-corrected chi connectivity index (χ1v) is 10.5. The van der Waals surface area contributed by atoms with Crippen LogP contribution < -0.4 is 10.9 Å². The maximum absolute atomic E-state index is 13.2. The van der Waals surface area contributed by atoms with E-state index in [2.05, 4.69) is 22.4 Å². The topological polar surface area (TPSA) is 64.0 Å². The van der Waals surface area contributed by atoms with Gasteiger partial charge in [-0.05, 0) is 29.7 Å². The molecule has 1 aromatic heterocycles. The summed E-state index contributed by atoms with van der Waals surface area (Å²) in [7, 11) is 0. The smallest absolute Gasteiger partial charge is 0.272 e. The number of hydrogen-bond donors (Lipinski definition) is 1. The predicted octanol–water partition coefficient (Wildman–Crippen LogP) is 3.89. The van der Waals surface area contributed by atoms with E-state index in [1.54, 1.807) is 4.57 Å². The Morgan fingerprint density at radius 1 is 0.806 bits per heavy atom. The highest BCUT2D eigenvalue weighted by atomic mass is 16.1. The summed E-state index contributed by atoms with van der Waals surface area (Å²) >= 11 is 0. The Labute approximate surface area is 181 Å². The van der Waals surface area contributed by atoms with Crippen molar-refractivity contribution in [3.8, 4) is 0 Å². The molecule has 0 spiro atoms. The summed E-state index contributed by atoms with van der Waals surface area (Å²) in [5.41, 5.74) is 4.13. The lowest BCUT2D eigenvalue weighted by Gasteiger charge is -2.12. The van der Waals surface area contributed by atoms with Gasteiger partial charge in [-0.1, -0.05) is 72.8 Å². The summed E-state index contributed by atoms with van der Waals surface area (Å²) in [6, 6.07) is 27.5. The molecule has 0 aliphatic carbocycles. The zero-order valence-electron chi connectivity index (χ0n) is 17.3. The second-order valence-corrected chi connectivity index (χ2v) is 7.50. The molecule has 1 heterocycles. The first kappa shape index (κ1) is 20.5. The quantitative estimate of drug-likeness (QED) is 0.478. The van der Waals surface area contributed by atoms with Crippen molar-refractivity contribution in [2.45, 2.75) is 32.4 Å². The molecule has 0 saturated carbocycles. The van der Waals surface area contributed by atoms with Crippen molar-refractivity contribution in [3.05, 3.63) is 112 Å². The van der Waals surface area contributed by atoms with E-state index >= 15 is 0 Å². The van der Waals surface area contributed by atoms with Gasteiger partial charge in [-0.2, -0.15) is 0 Å². The molecule has 0 aliphatic rings. The normalized spacial score (nSPS) is 10.8. The van der Waals surface area contributed by atoms with Gasteiger partial charge < -0.3 is 9.88 Å². The van der Waals surface area contributed by atoms with E-state index in [-0.39, 0.29) is 17.9 Å². The monoisotopic (exact) mass is 411 g/mol. The van der Waals surface area contributed by atoms with Gasteiger partial charge in [-0.15, -0.1) is 0 Å². The summed E-state index contributed by atoms with van der Waals surface area (Å²) in [5, 5.41) is 2.91. The van der Waals surface area contributed by atoms with E-state index in [1.807, 2.05) is 72.8 Å². The third-order valence-electron chi connectivity index (χ3n) is 5.31. The molecule has 1 amide bonds. The number of hydrogen-bond acceptors (Lipinski definition) is 3. The number of fused-ring (bicyclic) bond motifs is 1. The molecule has 0 radical (unpaired) electrons. The maximum Gasteiger partial charge on any atom is 0.272 e. The van der Waals surface area contributed by atoms with Gasteiger partial charge in [-0.25, -0.2) is 4.98 Å². The van der Waals surface area contributed by atoms with Gasteiger partial charge in [0.1, 0.15) is 5.69 Å². The fourth-order valence-corrected chi connectivity index (χ4v) is 3.63. The van der Waals surface area contributed by atoms with Crippen LogP contribution in [0.5, 0.6) is 0 Å². The summed E-state index contributed by atoms with van der Waals surface area (Å²) in [6.45, 7) is 1.05. The molecule has 156 valence electrons. The van der Waals surface area contributed by atoms with Crippen molar-refractivity contribution in [2.75, 3.05) is 0 Å². The van der Waals surface area contributed by atoms with Gasteiger partial charge in [0.2, 0.25) is 5.91 Å². The molecular formula is C26H25N3O2. The molecular weight excluding hydrogens is 386 g/mol. The number of nitrogens with zero attached hydrogens (tertiary/aromatic N) is 2. The van der Waals surface area contributed by atoms with Crippen molar-refractivity contribution in [1.29, 1.82) is 0 Å². The highest BCUT2D eigenvalue weighted by Gasteiger charge is 2.13. The molecule has 0 fully saturated rings. The van der Waals surface area contributed by atoms with Crippen LogP contribution in [0.4, 0.5) is 0 Å². The van der Waals surface area contributed by atoms with Gasteiger partial charge in [0, 0.05) is 25.9 Å². The molecule has 4 rings (SSSR count). The standard InChI is InChI=1S/C26H25N3O2/c30-25(27-19-21-11-5-2-6-12-21)16-15-23-26(31)29(18-17-20-9-3-1-4-10-20)24-14-8-7-13-22(24)28-23/h1-14H,15-19H2,(H,27,30). The van der Waals surface area contributed by atoms with E-state index in [1.165, 1.54) is 5.56 Å². The van der Waals surface area contributed by atoms with Crippen LogP contribution in [0.1, 0.15) is 23.2 Å². The van der Waals surface area contributed by atoms with E-state index in [0.717, 1.165) is 23.0 Å². The molecule has 0 aliphatic heterocycles. The molecule has 0 saturated heterocycles. The van der Waals surface area contributed by atoms with Gasteiger partial charge in [0.15, 0.2) is 0 Å². The molecule has 0 atom stereocenters. The van der Waals surface area contributed by atoms with Crippen LogP contribution in [0.25, 0.3) is 11.0 Å². The first-order valence-electron chi connectivity index (χ1n) is 10.5. The van der Waals surface area contributed by atoms with Crippen LogP contribution in [-0.4, -0.2) is 15.5 Å². The van der Waals surface area contributed by atoms with Gasteiger partial charge in [0.05, 0.1) is 11.0 Å². The Bertz CT molecular complexity index is 1220. The van der Waals surface area contributed by atoms with Crippen LogP contribution in [0.15, 0.2) is 89.7 Å². The number of carbonyl (C=O) groups is 1. The van der Waals surface area contributed by atoms with Crippen molar-refractivity contribution >= 4 is 16.9 Å². The fraction of sp³-hybridized carbons (Fsp3) is 0.192. The molecule has 5 heteroatoms. The molecule has 5 nitrogen and oxygen atoms in total. The number of para-hydroxylation sites is 2. The summed E-state index contributed by atoms with van der Waals surface area (Å²) < 4.78 is 1.78. The number of aromatic nitrogens is 2. The SMILES string of the molecule is O=C(CCc1nc2ccccc2n(CCc2ccccc2)c1=O)NCc1ccccc1. The number of benzene rings is 3. The van der Waals surface area contributed by atoms with Crippen molar-refractivity contribution in [3.63, 3.8) is 0 Å². The number of rotatable bonds is 8. The number of amides is 1. The van der Waals surface area contributed by atoms with E-state index in [0.29, 0.717) is 25.2 Å². The molecule has 4 aromatic rings. The Morgan fingerprint density at radius 3 is 2.19 bits per heavy atom. The van der Waals surface area contributed by atoms with E-state index in [4.69, 9.17) is 0 Å². The van der Waals surface area contributed by atoms with Crippen LogP contribution in [0, 0.1) is 0 Å². The Morgan fingerprint density at radius 2 is 1.45 bits per heavy atom. The lowest BCUT2D eigenvalue weighted by molar-refractivity contribution is -0.121. The molecule has 3 aromatic carbocycles. The van der Waals surface area contributed by atoms with Crippen molar-refractivity contribution < 1.29 is 4.79 Å². The summed E-state index contributed by atoms with van der Waals surface area (Å²) in [4.78, 5) is 30.0. The van der Waals surface area contributed by atoms with Crippen LogP contribution >= 0.6 is 0 Å². The van der Waals surface area contributed by atoms with E-state index in [9.17, 15) is 9.59 Å². The van der Waals surface area contributed by atoms with Crippen LogP contribution in [-0.2, 0) is 30.7 Å². The second kappa shape index (κ2) is 9.85. The van der Waals surface area contributed by atoms with E-state index < -0.39 is 0 Å². The molecule has 31 heavy (non-hydrogen) atoms. The van der Waals surface area contributed by atoms with Crippen LogP contribution in [0.3, 0.4) is 0 Å². The zero-order valence-corrected chi connectivity index (χ0v) is 17.3. The third-order valence-corrected chi connectivity index (χ3v) is 5.31. The van der Waals surface area contributed by atoms with Crippen molar-refractivity contribution in [2.24, 2.45) is 0 Å². The second-order valence-electron chi connectivity index (χ2n) is 7.50. The number of carbonyl (C=O) groups excluding carboxylic acids is 1. The highest BCUT2D eigenvalue weighted by molar-refractivity contribution is 5.77. The van der Waals surface area contributed by atoms with Crippen LogP contribution in [0.2, 0.25) is 0 Å². The predicted molar refractivity (Wildman–Crippen MR) is 123 cm³/mol. The molecule has 1 N–H and O–H groups in total. The maximum atomic E-state index is 13.2. The largest absolute Gasteiger partial charge is 0.352 e. The van der Waals surface area contributed by atoms with Gasteiger partial charge in [-0.3, -0.25) is 9.59 Å². The lowest BCUT2D eigenvalue weighted by Crippen LogP contribution is -2.29. The fourth-order valence-electron chi connectivity index (χ4n) is 3.63. The molecule has 0 unspecified atom stereocenters. The lowest BCUT2D eigenvalue weighted by atomic mass is 10.1. The average molecular weight is 412 g/mol. The average Bonchev–Trinajstić information content (AvgIpc) is 2.82. The summed E-state index contributed by atoms with van der Waals surface area (Å²) in [6.07, 6.45) is 1.30. The molecule has 0 bridgehead atoms. The van der Waals surface area contributed by atoms with Gasteiger partial charge in [0.25, 0.3) is 5.56 Å². The minimum absolute atomic E-state index is 0.0888.